The van der Waals surface area contributed by atoms with E-state index >= 15 is 0 Å². The van der Waals surface area contributed by atoms with E-state index in [1.165, 1.54) is 24.2 Å². The van der Waals surface area contributed by atoms with E-state index in [2.05, 4.69) is 6.66 Å². The summed E-state index contributed by atoms with van der Waals surface area (Å²) >= 11 is 0. The molecule has 2 aliphatic rings. The zero-order valence-electron chi connectivity index (χ0n) is 9.73. The van der Waals surface area contributed by atoms with Gasteiger partial charge < -0.3 is 0 Å². The van der Waals surface area contributed by atoms with Gasteiger partial charge in [0.2, 0.25) is 0 Å². The topological polar surface area (TPSA) is 0 Å². The van der Waals surface area contributed by atoms with Gasteiger partial charge in [-0.25, -0.2) is 0 Å². The van der Waals surface area contributed by atoms with E-state index in [9.17, 15) is 0 Å². The van der Waals surface area contributed by atoms with Crippen LogP contribution in [-0.2, 0) is 0 Å². The lowest BCUT2D eigenvalue weighted by Gasteiger charge is -2.30. The van der Waals surface area contributed by atoms with E-state index in [1.807, 2.05) is 0 Å². The van der Waals surface area contributed by atoms with Crippen molar-refractivity contribution in [2.45, 2.75) is 75.5 Å². The van der Waals surface area contributed by atoms with E-state index in [0.29, 0.717) is 0 Å². The number of hydrogen-bond donors (Lipinski definition) is 0. The second kappa shape index (κ2) is 5.50. The van der Waals surface area contributed by atoms with Crippen LogP contribution >= 0.6 is 7.92 Å². The van der Waals surface area contributed by atoms with Crippen molar-refractivity contribution in [2.75, 3.05) is 6.66 Å². The van der Waals surface area contributed by atoms with E-state index < -0.39 is 0 Å². The highest BCUT2D eigenvalue weighted by Gasteiger charge is 2.33. The lowest BCUT2D eigenvalue weighted by Crippen LogP contribution is -2.19. The Hall–Kier alpha value is 0.430. The van der Waals surface area contributed by atoms with Crippen LogP contribution in [-0.4, -0.2) is 18.0 Å². The van der Waals surface area contributed by atoms with Crippen LogP contribution in [0, 0.1) is 0 Å². The summed E-state index contributed by atoms with van der Waals surface area (Å²) in [5.41, 5.74) is 2.38. The van der Waals surface area contributed by atoms with E-state index in [0.717, 1.165) is 0 Å². The molecule has 0 amide bonds. The minimum Gasteiger partial charge on any atom is -0.0530 e. The molecule has 0 unspecified atom stereocenters. The summed E-state index contributed by atoms with van der Waals surface area (Å²) in [6.45, 7) is 2.65. The lowest BCUT2D eigenvalue weighted by molar-refractivity contribution is 0.486. The highest BCUT2D eigenvalue weighted by Crippen LogP contribution is 2.52. The Morgan fingerprint density at radius 1 is 0.643 bits per heavy atom. The van der Waals surface area contributed by atoms with Crippen molar-refractivity contribution in [1.29, 1.82) is 0 Å². The molecular formula is C13H26P+. The Kier molecular flexibility index (Phi) is 4.29. The summed E-state index contributed by atoms with van der Waals surface area (Å²) < 4.78 is 0. The summed E-state index contributed by atoms with van der Waals surface area (Å²) in [5.74, 6) is 0. The average molecular weight is 213 g/mol. The maximum absolute atomic E-state index is 2.65. The van der Waals surface area contributed by atoms with Gasteiger partial charge in [-0.05, 0) is 51.4 Å². The maximum atomic E-state index is 2.65. The Bertz CT molecular complexity index is 137. The van der Waals surface area contributed by atoms with Crippen LogP contribution in [0.1, 0.15) is 64.2 Å². The van der Waals surface area contributed by atoms with Gasteiger partial charge in [-0.3, -0.25) is 0 Å². The van der Waals surface area contributed by atoms with Crippen LogP contribution < -0.4 is 0 Å². The van der Waals surface area contributed by atoms with Gasteiger partial charge in [0.25, 0.3) is 0 Å². The van der Waals surface area contributed by atoms with Crippen molar-refractivity contribution in [2.24, 2.45) is 0 Å². The van der Waals surface area contributed by atoms with Crippen molar-refractivity contribution in [3.8, 4) is 0 Å². The third-order valence-corrected chi connectivity index (χ3v) is 8.23. The molecule has 0 aliphatic heterocycles. The van der Waals surface area contributed by atoms with Crippen molar-refractivity contribution >= 4 is 7.92 Å². The highest BCUT2D eigenvalue weighted by molar-refractivity contribution is 7.58. The summed E-state index contributed by atoms with van der Waals surface area (Å²) in [5, 5.41) is 0. The molecule has 2 aliphatic carbocycles. The molecular weight excluding hydrogens is 187 g/mol. The zero-order chi connectivity index (χ0) is 9.80. The van der Waals surface area contributed by atoms with Crippen LogP contribution in [0.5, 0.6) is 0 Å². The molecule has 0 saturated heterocycles. The molecule has 82 valence electrons. The minimum atomic E-state index is 0.00912. The van der Waals surface area contributed by atoms with E-state index in [4.69, 9.17) is 0 Å². The standard InChI is InChI=1S/C13H25P/c1-14(12-8-4-2-5-9-12)13-10-6-3-7-11-13/h12-13H,2-11H2,1H3/p+1. The molecule has 0 nitrogen and oxygen atoms in total. The summed E-state index contributed by atoms with van der Waals surface area (Å²) in [6.07, 6.45) is 15.6. The smallest absolute Gasteiger partial charge is 0.0530 e. The molecule has 0 aromatic carbocycles. The third-order valence-electron chi connectivity index (χ3n) is 4.50. The van der Waals surface area contributed by atoms with E-state index in [-0.39, 0.29) is 7.92 Å². The van der Waals surface area contributed by atoms with Gasteiger partial charge in [-0.1, -0.05) is 12.8 Å². The molecule has 2 rings (SSSR count). The first-order chi connectivity index (χ1) is 6.88. The minimum absolute atomic E-state index is 0.00912. The van der Waals surface area contributed by atoms with Gasteiger partial charge in [-0.2, -0.15) is 0 Å². The molecule has 14 heavy (non-hydrogen) atoms. The monoisotopic (exact) mass is 213 g/mol. The fourth-order valence-corrected chi connectivity index (χ4v) is 6.75. The summed E-state index contributed by atoms with van der Waals surface area (Å²) in [7, 11) is 0.00912. The molecule has 0 bridgehead atoms. The quantitative estimate of drug-likeness (QED) is 0.593. The predicted molar refractivity (Wildman–Crippen MR) is 68.0 cm³/mol. The third kappa shape index (κ3) is 2.72. The molecule has 0 atom stereocenters. The first kappa shape index (κ1) is 10.9. The van der Waals surface area contributed by atoms with Gasteiger partial charge in [0.1, 0.15) is 0 Å². The van der Waals surface area contributed by atoms with Crippen LogP contribution in [0.25, 0.3) is 0 Å². The molecule has 2 fully saturated rings. The maximum Gasteiger partial charge on any atom is 0.0675 e. The number of rotatable bonds is 2. The fourth-order valence-electron chi connectivity index (χ4n) is 3.45. The van der Waals surface area contributed by atoms with Crippen molar-refractivity contribution in [1.82, 2.24) is 0 Å². The SMILES string of the molecule is C[PH+](C1CCCCC1)C1CCCCC1. The lowest BCUT2D eigenvalue weighted by atomic mass is 9.99. The largest absolute Gasteiger partial charge is 0.0675 e. The van der Waals surface area contributed by atoms with Crippen molar-refractivity contribution in [3.63, 3.8) is 0 Å². The second-order valence-electron chi connectivity index (χ2n) is 5.41. The average Bonchev–Trinajstić information content (AvgIpc) is 2.30. The zero-order valence-corrected chi connectivity index (χ0v) is 10.7. The van der Waals surface area contributed by atoms with Crippen LogP contribution in [0.2, 0.25) is 0 Å². The van der Waals surface area contributed by atoms with Crippen LogP contribution in [0.3, 0.4) is 0 Å². The Morgan fingerprint density at radius 3 is 1.36 bits per heavy atom. The highest BCUT2D eigenvalue weighted by atomic mass is 31.1. The molecule has 0 heterocycles. The summed E-state index contributed by atoms with van der Waals surface area (Å²) in [4.78, 5) is 0. The first-order valence-electron chi connectivity index (χ1n) is 6.71. The molecule has 1 heteroatoms. The van der Waals surface area contributed by atoms with Gasteiger partial charge in [-0.15, -0.1) is 0 Å². The van der Waals surface area contributed by atoms with Crippen molar-refractivity contribution < 1.29 is 0 Å². The number of hydrogen-bond acceptors (Lipinski definition) is 0. The Labute approximate surface area is 90.6 Å². The fraction of sp³-hybridized carbons (Fsp3) is 1.00. The Morgan fingerprint density at radius 2 is 1.00 bits per heavy atom. The van der Waals surface area contributed by atoms with E-state index in [1.54, 1.807) is 51.4 Å². The van der Waals surface area contributed by atoms with Crippen LogP contribution in [0.15, 0.2) is 0 Å². The van der Waals surface area contributed by atoms with Crippen LogP contribution in [0.4, 0.5) is 0 Å². The summed E-state index contributed by atoms with van der Waals surface area (Å²) in [6, 6.07) is 0. The van der Waals surface area contributed by atoms with Gasteiger partial charge in [0.15, 0.2) is 0 Å². The predicted octanol–water partition coefficient (Wildman–Crippen LogP) is 4.50. The molecule has 2 saturated carbocycles. The molecule has 0 aromatic rings. The normalized spacial score (nSPS) is 27.0. The second-order valence-corrected chi connectivity index (χ2v) is 8.53. The Balaban J connectivity index is 1.82. The molecule has 0 spiro atoms. The van der Waals surface area contributed by atoms with Gasteiger partial charge in [0, 0.05) is 14.6 Å². The first-order valence-corrected chi connectivity index (χ1v) is 8.87. The molecule has 0 N–H and O–H groups in total. The molecule has 0 radical (unpaired) electrons. The van der Waals surface area contributed by atoms with Crippen molar-refractivity contribution in [3.05, 3.63) is 0 Å². The molecule has 0 aromatic heterocycles. The van der Waals surface area contributed by atoms with Gasteiger partial charge >= 0.3 is 0 Å². The van der Waals surface area contributed by atoms with Gasteiger partial charge in [0.05, 0.1) is 11.3 Å².